The molecule has 0 bridgehead atoms. The third-order valence-corrected chi connectivity index (χ3v) is 4.80. The number of hydrogen-bond acceptors (Lipinski definition) is 3. The minimum atomic E-state index is -3.46. The fraction of sp³-hybridized carbons (Fsp3) is 0.273. The molecule has 1 aromatic rings. The highest BCUT2D eigenvalue weighted by molar-refractivity contribution is 7.95. The van der Waals surface area contributed by atoms with Gasteiger partial charge in [-0.05, 0) is 36.4 Å². The first kappa shape index (κ1) is 11.3. The average Bonchev–Trinajstić information content (AvgIpc) is 2.49. The second-order valence-electron chi connectivity index (χ2n) is 3.87. The SMILES string of the molecule is CC(CN)C1=Cc2cc(F)ccc2S1(=O)=O. The van der Waals surface area contributed by atoms with Crippen molar-refractivity contribution in [2.75, 3.05) is 6.54 Å². The van der Waals surface area contributed by atoms with Crippen LogP contribution in [0, 0.1) is 11.7 Å². The molecule has 0 amide bonds. The Hall–Kier alpha value is -1.20. The Morgan fingerprint density at radius 2 is 2.12 bits per heavy atom. The summed E-state index contributed by atoms with van der Waals surface area (Å²) in [5.74, 6) is -0.688. The van der Waals surface area contributed by atoms with Gasteiger partial charge in [0.1, 0.15) is 5.82 Å². The van der Waals surface area contributed by atoms with Crippen LogP contribution in [0.5, 0.6) is 0 Å². The Morgan fingerprint density at radius 1 is 1.44 bits per heavy atom. The van der Waals surface area contributed by atoms with E-state index < -0.39 is 15.7 Å². The van der Waals surface area contributed by atoms with Gasteiger partial charge in [-0.2, -0.15) is 0 Å². The molecule has 1 heterocycles. The normalized spacial score (nSPS) is 19.1. The van der Waals surface area contributed by atoms with Gasteiger partial charge in [-0.1, -0.05) is 6.92 Å². The van der Waals surface area contributed by atoms with Gasteiger partial charge in [-0.15, -0.1) is 0 Å². The van der Waals surface area contributed by atoms with Crippen molar-refractivity contribution in [2.45, 2.75) is 11.8 Å². The number of rotatable bonds is 2. The molecule has 1 aliphatic heterocycles. The molecule has 2 rings (SSSR count). The Balaban J connectivity index is 2.61. The molecule has 16 heavy (non-hydrogen) atoms. The van der Waals surface area contributed by atoms with E-state index in [0.717, 1.165) is 6.07 Å². The standard InChI is InChI=1S/C11H12FNO2S/c1-7(6-13)11-5-8-4-9(12)2-3-10(8)16(11,14)15/h2-5,7H,6,13H2,1H3. The molecule has 1 aromatic carbocycles. The highest BCUT2D eigenvalue weighted by Crippen LogP contribution is 2.36. The van der Waals surface area contributed by atoms with Crippen LogP contribution < -0.4 is 5.73 Å². The molecule has 1 atom stereocenters. The van der Waals surface area contributed by atoms with Crippen LogP contribution in [0.2, 0.25) is 0 Å². The van der Waals surface area contributed by atoms with Gasteiger partial charge in [0.2, 0.25) is 9.84 Å². The smallest absolute Gasteiger partial charge is 0.203 e. The summed E-state index contributed by atoms with van der Waals surface area (Å²) in [5.41, 5.74) is 5.87. The van der Waals surface area contributed by atoms with Crippen molar-refractivity contribution < 1.29 is 12.8 Å². The number of sulfone groups is 1. The first-order valence-corrected chi connectivity index (χ1v) is 6.41. The topological polar surface area (TPSA) is 60.2 Å². The van der Waals surface area contributed by atoms with Crippen LogP contribution in [0.3, 0.4) is 0 Å². The van der Waals surface area contributed by atoms with Crippen LogP contribution in [-0.4, -0.2) is 15.0 Å². The van der Waals surface area contributed by atoms with E-state index >= 15 is 0 Å². The molecule has 1 aliphatic rings. The molecular weight excluding hydrogens is 229 g/mol. The molecule has 0 aromatic heterocycles. The average molecular weight is 241 g/mol. The predicted octanol–water partition coefficient (Wildman–Crippen LogP) is 1.55. The number of benzene rings is 1. The molecule has 0 radical (unpaired) electrons. The van der Waals surface area contributed by atoms with Crippen LogP contribution >= 0.6 is 0 Å². The van der Waals surface area contributed by atoms with Gasteiger partial charge in [0.25, 0.3) is 0 Å². The zero-order valence-electron chi connectivity index (χ0n) is 8.77. The highest BCUT2D eigenvalue weighted by atomic mass is 32.2. The fourth-order valence-electron chi connectivity index (χ4n) is 1.76. The van der Waals surface area contributed by atoms with E-state index in [1.807, 2.05) is 0 Å². The molecule has 0 aliphatic carbocycles. The molecular formula is C11H12FNO2S. The first-order valence-electron chi connectivity index (χ1n) is 4.93. The summed E-state index contributed by atoms with van der Waals surface area (Å²) in [4.78, 5) is 0.444. The molecule has 0 saturated carbocycles. The Bertz CT molecular complexity index is 563. The Labute approximate surface area is 93.7 Å². The summed E-state index contributed by atoms with van der Waals surface area (Å²) >= 11 is 0. The maximum atomic E-state index is 13.0. The second kappa shape index (κ2) is 3.68. The summed E-state index contributed by atoms with van der Waals surface area (Å²) in [5, 5.41) is 0. The fourth-order valence-corrected chi connectivity index (χ4v) is 3.60. The highest BCUT2D eigenvalue weighted by Gasteiger charge is 2.32. The molecule has 2 N–H and O–H groups in total. The quantitative estimate of drug-likeness (QED) is 0.799. The van der Waals surface area contributed by atoms with Crippen molar-refractivity contribution in [3.8, 4) is 0 Å². The lowest BCUT2D eigenvalue weighted by molar-refractivity contribution is 0.593. The minimum absolute atomic E-state index is 0.171. The summed E-state index contributed by atoms with van der Waals surface area (Å²) < 4.78 is 37.1. The van der Waals surface area contributed by atoms with E-state index in [1.165, 1.54) is 18.2 Å². The molecule has 0 saturated heterocycles. The molecule has 0 spiro atoms. The number of hydrogen-bond donors (Lipinski definition) is 1. The van der Waals surface area contributed by atoms with Crippen molar-refractivity contribution in [1.29, 1.82) is 0 Å². The molecule has 1 unspecified atom stereocenters. The van der Waals surface area contributed by atoms with Gasteiger partial charge in [-0.3, -0.25) is 0 Å². The van der Waals surface area contributed by atoms with Gasteiger partial charge in [0.05, 0.1) is 9.80 Å². The van der Waals surface area contributed by atoms with Gasteiger partial charge >= 0.3 is 0 Å². The van der Waals surface area contributed by atoms with E-state index in [9.17, 15) is 12.8 Å². The van der Waals surface area contributed by atoms with Crippen molar-refractivity contribution in [3.05, 3.63) is 34.5 Å². The number of nitrogens with two attached hydrogens (primary N) is 1. The molecule has 5 heteroatoms. The lowest BCUT2D eigenvalue weighted by atomic mass is 10.1. The molecule has 3 nitrogen and oxygen atoms in total. The Kier molecular flexibility index (Phi) is 2.59. The maximum absolute atomic E-state index is 13.0. The monoisotopic (exact) mass is 241 g/mol. The summed E-state index contributed by atoms with van der Waals surface area (Å²) in [7, 11) is -3.46. The van der Waals surface area contributed by atoms with Crippen molar-refractivity contribution >= 4 is 15.9 Å². The van der Waals surface area contributed by atoms with Gasteiger partial charge < -0.3 is 5.73 Å². The third-order valence-electron chi connectivity index (χ3n) is 2.71. The number of halogens is 1. The largest absolute Gasteiger partial charge is 0.330 e. The summed E-state index contributed by atoms with van der Waals surface area (Å²) in [6.45, 7) is 1.99. The van der Waals surface area contributed by atoms with Crippen LogP contribution in [0.25, 0.3) is 6.08 Å². The number of fused-ring (bicyclic) bond motifs is 1. The molecule has 86 valence electrons. The van der Waals surface area contributed by atoms with Crippen molar-refractivity contribution in [1.82, 2.24) is 0 Å². The summed E-state index contributed by atoms with van der Waals surface area (Å²) in [6.07, 6.45) is 1.51. The maximum Gasteiger partial charge on any atom is 0.203 e. The van der Waals surface area contributed by atoms with Crippen LogP contribution in [-0.2, 0) is 9.84 Å². The van der Waals surface area contributed by atoms with Gasteiger partial charge in [0, 0.05) is 5.92 Å². The van der Waals surface area contributed by atoms with E-state index in [4.69, 9.17) is 5.73 Å². The van der Waals surface area contributed by atoms with Gasteiger partial charge in [-0.25, -0.2) is 12.8 Å². The van der Waals surface area contributed by atoms with Crippen LogP contribution in [0.4, 0.5) is 4.39 Å². The zero-order valence-corrected chi connectivity index (χ0v) is 9.59. The zero-order chi connectivity index (χ0) is 11.9. The van der Waals surface area contributed by atoms with E-state index in [-0.39, 0.29) is 22.3 Å². The predicted molar refractivity (Wildman–Crippen MR) is 59.8 cm³/mol. The second-order valence-corrected chi connectivity index (χ2v) is 5.79. The molecule has 0 fully saturated rings. The van der Waals surface area contributed by atoms with E-state index in [0.29, 0.717) is 5.56 Å². The minimum Gasteiger partial charge on any atom is -0.330 e. The Morgan fingerprint density at radius 3 is 2.75 bits per heavy atom. The summed E-state index contributed by atoms with van der Waals surface area (Å²) in [6, 6.07) is 3.68. The van der Waals surface area contributed by atoms with E-state index in [2.05, 4.69) is 0 Å². The van der Waals surface area contributed by atoms with Gasteiger partial charge in [0.15, 0.2) is 0 Å². The lowest BCUT2D eigenvalue weighted by Gasteiger charge is -2.09. The van der Waals surface area contributed by atoms with Crippen molar-refractivity contribution in [2.24, 2.45) is 11.7 Å². The third kappa shape index (κ3) is 1.56. The first-order chi connectivity index (χ1) is 7.46. The van der Waals surface area contributed by atoms with E-state index in [1.54, 1.807) is 6.92 Å². The van der Waals surface area contributed by atoms with Crippen LogP contribution in [0.1, 0.15) is 12.5 Å². The van der Waals surface area contributed by atoms with Crippen LogP contribution in [0.15, 0.2) is 28.0 Å². The lowest BCUT2D eigenvalue weighted by Crippen LogP contribution is -2.17. The van der Waals surface area contributed by atoms with Crippen molar-refractivity contribution in [3.63, 3.8) is 0 Å².